The van der Waals surface area contributed by atoms with Crippen LogP contribution in [0.15, 0.2) is 59.5 Å². The summed E-state index contributed by atoms with van der Waals surface area (Å²) in [5, 5.41) is 13.5. The van der Waals surface area contributed by atoms with Crippen molar-refractivity contribution < 1.29 is 31.5 Å². The largest absolute Gasteiger partial charge is 0.464 e. The fourth-order valence-corrected chi connectivity index (χ4v) is 5.46. The van der Waals surface area contributed by atoms with Crippen LogP contribution >= 0.6 is 0 Å². The SMILES string of the molecule is Cc1ccc(-c2cc(C(F)(F)F)nn2-c2ccc(S(=O)(=O)N(CC(N(C)C)C(C)(C)C)C(=O)O)cc2)cc1. The molecule has 1 amide bonds. The Balaban J connectivity index is 2.04. The Kier molecular flexibility index (Phi) is 7.99. The van der Waals surface area contributed by atoms with Crippen LogP contribution in [0.2, 0.25) is 0 Å². The molecule has 1 unspecified atom stereocenters. The second-order valence-corrected chi connectivity index (χ2v) is 12.2. The second kappa shape index (κ2) is 10.4. The fourth-order valence-electron chi connectivity index (χ4n) is 4.18. The molecule has 0 fully saturated rings. The van der Waals surface area contributed by atoms with Gasteiger partial charge in [-0.05, 0) is 56.8 Å². The lowest BCUT2D eigenvalue weighted by Crippen LogP contribution is -2.50. The van der Waals surface area contributed by atoms with Gasteiger partial charge in [0.1, 0.15) is 0 Å². The number of nitrogens with zero attached hydrogens (tertiary/aromatic N) is 4. The van der Waals surface area contributed by atoms with Crippen molar-refractivity contribution in [2.24, 2.45) is 5.41 Å². The quantitative estimate of drug-likeness (QED) is 0.415. The second-order valence-electron chi connectivity index (χ2n) is 10.3. The van der Waals surface area contributed by atoms with E-state index in [1.165, 1.54) is 12.1 Å². The summed E-state index contributed by atoms with van der Waals surface area (Å²) in [6.45, 7) is 7.18. The monoisotopic (exact) mass is 552 g/mol. The van der Waals surface area contributed by atoms with Crippen LogP contribution in [0.4, 0.5) is 18.0 Å². The molecule has 2 aromatic carbocycles. The Morgan fingerprint density at radius 3 is 2.03 bits per heavy atom. The van der Waals surface area contributed by atoms with Crippen LogP contribution in [-0.4, -0.2) is 65.3 Å². The number of benzene rings is 2. The third-order valence-corrected chi connectivity index (χ3v) is 7.94. The first-order chi connectivity index (χ1) is 17.4. The lowest BCUT2D eigenvalue weighted by Gasteiger charge is -2.38. The summed E-state index contributed by atoms with van der Waals surface area (Å²) in [6, 6.07) is 12.3. The molecule has 0 aliphatic rings. The Morgan fingerprint density at radius 1 is 1.03 bits per heavy atom. The molecule has 0 spiro atoms. The third kappa shape index (κ3) is 6.18. The normalized spacial score (nSPS) is 13.5. The van der Waals surface area contributed by atoms with Gasteiger partial charge in [-0.15, -0.1) is 0 Å². The highest BCUT2D eigenvalue weighted by atomic mass is 32.2. The van der Waals surface area contributed by atoms with E-state index in [1.54, 1.807) is 43.3 Å². The minimum absolute atomic E-state index is 0.166. The summed E-state index contributed by atoms with van der Waals surface area (Å²) in [4.78, 5) is 13.5. The molecule has 12 heteroatoms. The first-order valence-electron chi connectivity index (χ1n) is 11.7. The van der Waals surface area contributed by atoms with Gasteiger partial charge in [0.05, 0.1) is 22.8 Å². The number of amides is 1. The highest BCUT2D eigenvalue weighted by Gasteiger charge is 2.37. The van der Waals surface area contributed by atoms with Crippen molar-refractivity contribution >= 4 is 16.1 Å². The van der Waals surface area contributed by atoms with E-state index in [0.29, 0.717) is 9.87 Å². The van der Waals surface area contributed by atoms with Crippen LogP contribution < -0.4 is 0 Å². The summed E-state index contributed by atoms with van der Waals surface area (Å²) < 4.78 is 68.6. The van der Waals surface area contributed by atoms with Gasteiger partial charge in [-0.1, -0.05) is 50.6 Å². The number of sulfonamides is 1. The van der Waals surface area contributed by atoms with E-state index >= 15 is 0 Å². The molecular formula is C26H31F3N4O4S. The Labute approximate surface area is 220 Å². The van der Waals surface area contributed by atoms with Crippen LogP contribution in [0.3, 0.4) is 0 Å². The van der Waals surface area contributed by atoms with Gasteiger partial charge in [-0.3, -0.25) is 0 Å². The molecule has 8 nitrogen and oxygen atoms in total. The molecule has 38 heavy (non-hydrogen) atoms. The van der Waals surface area contributed by atoms with E-state index in [1.807, 2.05) is 27.7 Å². The lowest BCUT2D eigenvalue weighted by molar-refractivity contribution is -0.141. The van der Waals surface area contributed by atoms with Crippen molar-refractivity contribution in [2.75, 3.05) is 20.6 Å². The molecule has 0 aliphatic carbocycles. The maximum Gasteiger partial charge on any atom is 0.435 e. The summed E-state index contributed by atoms with van der Waals surface area (Å²) >= 11 is 0. The molecule has 0 radical (unpaired) electrons. The van der Waals surface area contributed by atoms with Crippen LogP contribution in [0.25, 0.3) is 16.9 Å². The molecule has 1 atom stereocenters. The number of carboxylic acid groups (broad SMARTS) is 1. The molecule has 3 aromatic rings. The Bertz CT molecular complexity index is 1390. The van der Waals surface area contributed by atoms with E-state index in [-0.39, 0.29) is 22.8 Å². The molecule has 206 valence electrons. The van der Waals surface area contributed by atoms with E-state index in [9.17, 15) is 31.5 Å². The predicted octanol–water partition coefficient (Wildman–Crippen LogP) is 5.51. The van der Waals surface area contributed by atoms with E-state index in [4.69, 9.17) is 0 Å². The third-order valence-electron chi connectivity index (χ3n) is 6.19. The van der Waals surface area contributed by atoms with Gasteiger partial charge in [0.25, 0.3) is 10.0 Å². The summed E-state index contributed by atoms with van der Waals surface area (Å²) in [6.07, 6.45) is -6.32. The average Bonchev–Trinajstić information content (AvgIpc) is 3.24. The number of aromatic nitrogens is 2. The average molecular weight is 553 g/mol. The summed E-state index contributed by atoms with van der Waals surface area (Å²) in [7, 11) is -0.999. The first kappa shape index (κ1) is 29.2. The zero-order chi connectivity index (χ0) is 28.6. The van der Waals surface area contributed by atoms with Crippen LogP contribution in [0.5, 0.6) is 0 Å². The van der Waals surface area contributed by atoms with Gasteiger partial charge in [-0.25, -0.2) is 17.9 Å². The van der Waals surface area contributed by atoms with Gasteiger partial charge in [-0.2, -0.15) is 22.6 Å². The Hall–Kier alpha value is -3.38. The molecule has 1 N–H and O–H groups in total. The molecule has 3 rings (SSSR count). The van der Waals surface area contributed by atoms with Gasteiger partial charge >= 0.3 is 12.3 Å². The molecule has 0 aliphatic heterocycles. The Morgan fingerprint density at radius 2 is 1.58 bits per heavy atom. The minimum Gasteiger partial charge on any atom is -0.464 e. The number of rotatable bonds is 7. The number of hydrogen-bond acceptors (Lipinski definition) is 5. The van der Waals surface area contributed by atoms with Gasteiger partial charge in [0, 0.05) is 11.6 Å². The highest BCUT2D eigenvalue weighted by Crippen LogP contribution is 2.34. The number of hydrogen-bond donors (Lipinski definition) is 1. The van der Waals surface area contributed by atoms with E-state index in [0.717, 1.165) is 28.4 Å². The van der Waals surface area contributed by atoms with Crippen molar-refractivity contribution in [3.63, 3.8) is 0 Å². The van der Waals surface area contributed by atoms with E-state index < -0.39 is 39.4 Å². The van der Waals surface area contributed by atoms with Crippen LogP contribution in [-0.2, 0) is 16.2 Å². The maximum atomic E-state index is 13.5. The number of halogens is 3. The van der Waals surface area contributed by atoms with Gasteiger partial charge in [0.2, 0.25) is 0 Å². The van der Waals surface area contributed by atoms with Gasteiger partial charge in [0.15, 0.2) is 5.69 Å². The minimum atomic E-state index is -4.69. The molecule has 0 saturated carbocycles. The predicted molar refractivity (Wildman–Crippen MR) is 138 cm³/mol. The molecular weight excluding hydrogens is 521 g/mol. The zero-order valence-corrected chi connectivity index (χ0v) is 22.8. The molecule has 1 aromatic heterocycles. The highest BCUT2D eigenvalue weighted by molar-refractivity contribution is 7.89. The standard InChI is InChI=1S/C26H31F3N4O4S/c1-17-7-9-18(10-8-17)21-15-22(26(27,28)29)30-33(21)19-11-13-20(14-12-19)38(36,37)32(24(34)35)16-23(31(5)6)25(2,3)4/h7-15,23H,16H2,1-6H3,(H,34,35). The maximum absolute atomic E-state index is 13.5. The van der Waals surface area contributed by atoms with Crippen molar-refractivity contribution in [2.45, 2.75) is 44.8 Å². The van der Waals surface area contributed by atoms with Crippen molar-refractivity contribution in [1.82, 2.24) is 19.0 Å². The number of alkyl halides is 3. The zero-order valence-electron chi connectivity index (χ0n) is 22.0. The van der Waals surface area contributed by atoms with Crippen LogP contribution in [0.1, 0.15) is 32.0 Å². The lowest BCUT2D eigenvalue weighted by atomic mass is 9.86. The van der Waals surface area contributed by atoms with Gasteiger partial charge < -0.3 is 10.0 Å². The first-order valence-corrected chi connectivity index (χ1v) is 13.1. The number of likely N-dealkylation sites (N-methyl/N-ethyl adjacent to an activating group) is 1. The summed E-state index contributed by atoms with van der Waals surface area (Å²) in [5.74, 6) is 0. The van der Waals surface area contributed by atoms with E-state index in [2.05, 4.69) is 5.10 Å². The van der Waals surface area contributed by atoms with Crippen molar-refractivity contribution in [1.29, 1.82) is 0 Å². The molecule has 0 saturated heterocycles. The topological polar surface area (TPSA) is 95.7 Å². The van der Waals surface area contributed by atoms with Crippen LogP contribution in [0, 0.1) is 12.3 Å². The molecule has 1 heterocycles. The number of aryl methyl sites for hydroxylation is 1. The summed E-state index contributed by atoms with van der Waals surface area (Å²) in [5.41, 5.74) is 0.232. The smallest absolute Gasteiger partial charge is 0.435 e. The van der Waals surface area contributed by atoms with Crippen molar-refractivity contribution in [3.05, 3.63) is 65.9 Å². The van der Waals surface area contributed by atoms with Crippen molar-refractivity contribution in [3.8, 4) is 16.9 Å². The number of carbonyl (C=O) groups is 1. The fraction of sp³-hybridized carbons (Fsp3) is 0.385. The molecule has 0 bridgehead atoms.